The molecule has 160 valence electrons. The fourth-order valence-corrected chi connectivity index (χ4v) is 2.78. The Hall–Kier alpha value is -2.51. The number of carbonyl (C=O) groups excluding carboxylic acids is 2. The number of hydrazine groups is 1. The van der Waals surface area contributed by atoms with Gasteiger partial charge >= 0.3 is 12.1 Å². The van der Waals surface area contributed by atoms with Gasteiger partial charge in [-0.05, 0) is 56.2 Å². The van der Waals surface area contributed by atoms with E-state index in [1.165, 1.54) is 18.3 Å². The summed E-state index contributed by atoms with van der Waals surface area (Å²) in [4.78, 5) is 25.0. The number of amides is 1. The minimum absolute atomic E-state index is 0.192. The number of rotatable bonds is 6. The summed E-state index contributed by atoms with van der Waals surface area (Å²) in [7, 11) is 1.30. The van der Waals surface area contributed by atoms with Crippen LogP contribution in [0.5, 0.6) is 0 Å². The lowest BCUT2D eigenvalue weighted by atomic mass is 10.1. The Morgan fingerprint density at radius 2 is 1.70 bits per heavy atom. The predicted molar refractivity (Wildman–Crippen MR) is 120 cm³/mol. The average Bonchev–Trinajstić information content (AvgIpc) is 2.68. The van der Waals surface area contributed by atoms with Crippen molar-refractivity contribution in [2.24, 2.45) is 0 Å². The van der Waals surface area contributed by atoms with Crippen LogP contribution in [0.4, 0.5) is 4.79 Å². The number of halogens is 2. The lowest BCUT2D eigenvalue weighted by Crippen LogP contribution is -2.43. The fraction of sp³-hybridized carbons (Fsp3) is 0.273. The molecule has 0 aliphatic rings. The number of hydrogen-bond donors (Lipinski definition) is 1. The summed E-state index contributed by atoms with van der Waals surface area (Å²) in [5.41, 5.74) is 3.92. The van der Waals surface area contributed by atoms with E-state index < -0.39 is 17.7 Å². The molecule has 0 fully saturated rings. The van der Waals surface area contributed by atoms with Crippen LogP contribution in [0, 0.1) is 0 Å². The normalized spacial score (nSPS) is 11.6. The molecule has 0 unspecified atom stereocenters. The minimum atomic E-state index is -0.683. The number of nitrogens with one attached hydrogen (secondary N) is 1. The highest BCUT2D eigenvalue weighted by Crippen LogP contribution is 2.19. The van der Waals surface area contributed by atoms with Crippen LogP contribution in [0.25, 0.3) is 5.57 Å². The molecule has 0 aromatic heterocycles. The maximum Gasteiger partial charge on any atom is 0.429 e. The Labute approximate surface area is 189 Å². The first-order chi connectivity index (χ1) is 14.1. The summed E-state index contributed by atoms with van der Waals surface area (Å²) < 4.78 is 11.3. The highest BCUT2D eigenvalue weighted by atomic mass is 79.9. The molecule has 0 spiro atoms. The van der Waals surface area contributed by atoms with Crippen LogP contribution in [0.3, 0.4) is 0 Å². The monoisotopic (exact) mass is 494 g/mol. The molecule has 0 radical (unpaired) electrons. The molecule has 1 N–H and O–H groups in total. The Balaban J connectivity index is 2.32. The van der Waals surface area contributed by atoms with Crippen molar-refractivity contribution in [3.05, 3.63) is 75.4 Å². The molecule has 0 heterocycles. The average molecular weight is 496 g/mol. The molecule has 0 saturated carbocycles. The standard InChI is InChI=1S/C22H24BrClN2O4/c1-22(2,3)30-21(28)26(14-15-5-11-18(24)12-6-15)25-13-19(20(27)29-4)16-7-9-17(23)10-8-16/h5-13,25H,14H2,1-4H3/b19-13-. The van der Waals surface area contributed by atoms with E-state index >= 15 is 0 Å². The van der Waals surface area contributed by atoms with Crippen molar-refractivity contribution in [1.29, 1.82) is 0 Å². The SMILES string of the molecule is COC(=O)/C(=C\NN(Cc1ccc(Cl)cc1)C(=O)OC(C)(C)C)c1ccc(Br)cc1. The van der Waals surface area contributed by atoms with Gasteiger partial charge in [0, 0.05) is 15.7 Å². The molecule has 0 atom stereocenters. The van der Waals surface area contributed by atoms with E-state index in [0.29, 0.717) is 10.6 Å². The Bertz CT molecular complexity index is 906. The van der Waals surface area contributed by atoms with E-state index in [4.69, 9.17) is 21.1 Å². The fourth-order valence-electron chi connectivity index (χ4n) is 2.39. The maximum atomic E-state index is 12.7. The molecule has 0 saturated heterocycles. The molecule has 6 nitrogen and oxygen atoms in total. The van der Waals surface area contributed by atoms with E-state index in [2.05, 4.69) is 21.4 Å². The van der Waals surface area contributed by atoms with E-state index in [1.54, 1.807) is 57.2 Å². The van der Waals surface area contributed by atoms with Gasteiger partial charge in [-0.25, -0.2) is 14.6 Å². The lowest BCUT2D eigenvalue weighted by molar-refractivity contribution is -0.133. The third-order valence-electron chi connectivity index (χ3n) is 3.79. The molecule has 0 aliphatic carbocycles. The summed E-state index contributed by atoms with van der Waals surface area (Å²) in [5.74, 6) is -0.541. The van der Waals surface area contributed by atoms with Crippen LogP contribution >= 0.6 is 27.5 Å². The van der Waals surface area contributed by atoms with Crippen molar-refractivity contribution >= 4 is 45.2 Å². The summed E-state index contributed by atoms with van der Waals surface area (Å²) >= 11 is 9.32. The van der Waals surface area contributed by atoms with Gasteiger partial charge < -0.3 is 9.47 Å². The summed E-state index contributed by atoms with van der Waals surface area (Å²) in [5, 5.41) is 1.87. The first-order valence-corrected chi connectivity index (χ1v) is 10.3. The van der Waals surface area contributed by atoms with Gasteiger partial charge in [0.25, 0.3) is 0 Å². The number of ether oxygens (including phenoxy) is 2. The molecule has 2 aromatic carbocycles. The van der Waals surface area contributed by atoms with Crippen LogP contribution in [0.2, 0.25) is 5.02 Å². The van der Waals surface area contributed by atoms with Crippen molar-refractivity contribution in [1.82, 2.24) is 10.4 Å². The quantitative estimate of drug-likeness (QED) is 0.323. The highest BCUT2D eigenvalue weighted by molar-refractivity contribution is 9.10. The van der Waals surface area contributed by atoms with Gasteiger partial charge in [-0.2, -0.15) is 0 Å². The lowest BCUT2D eigenvalue weighted by Gasteiger charge is -2.27. The van der Waals surface area contributed by atoms with Crippen molar-refractivity contribution in [3.8, 4) is 0 Å². The van der Waals surface area contributed by atoms with Crippen LogP contribution in [-0.4, -0.2) is 29.8 Å². The van der Waals surface area contributed by atoms with Gasteiger partial charge in [0.05, 0.1) is 19.2 Å². The number of esters is 1. The number of carbonyl (C=O) groups is 2. The number of benzene rings is 2. The van der Waals surface area contributed by atoms with Crippen molar-refractivity contribution in [2.75, 3.05) is 7.11 Å². The molecule has 30 heavy (non-hydrogen) atoms. The largest absolute Gasteiger partial charge is 0.465 e. The Kier molecular flexibility index (Phi) is 8.32. The third kappa shape index (κ3) is 7.39. The number of methoxy groups -OCH3 is 1. The second-order valence-electron chi connectivity index (χ2n) is 7.38. The van der Waals surface area contributed by atoms with Gasteiger partial charge in [0.2, 0.25) is 0 Å². The van der Waals surface area contributed by atoms with E-state index in [1.807, 2.05) is 12.1 Å². The predicted octanol–water partition coefficient (Wildman–Crippen LogP) is 5.56. The molecule has 2 aromatic rings. The van der Waals surface area contributed by atoms with Gasteiger partial charge in [0.1, 0.15) is 5.60 Å². The molecular formula is C22H24BrClN2O4. The van der Waals surface area contributed by atoms with Crippen LogP contribution in [0.15, 0.2) is 59.2 Å². The zero-order chi connectivity index (χ0) is 22.3. The Morgan fingerprint density at radius 1 is 1.10 bits per heavy atom. The van der Waals surface area contributed by atoms with Crippen molar-refractivity contribution < 1.29 is 19.1 Å². The maximum absolute atomic E-state index is 12.7. The van der Waals surface area contributed by atoms with Crippen molar-refractivity contribution in [2.45, 2.75) is 32.9 Å². The summed E-state index contributed by atoms with van der Waals surface area (Å²) in [6.45, 7) is 5.53. The molecule has 2 rings (SSSR count). The zero-order valence-electron chi connectivity index (χ0n) is 17.2. The topological polar surface area (TPSA) is 67.9 Å². The van der Waals surface area contributed by atoms with E-state index in [9.17, 15) is 9.59 Å². The third-order valence-corrected chi connectivity index (χ3v) is 4.57. The summed E-state index contributed by atoms with van der Waals surface area (Å²) in [6.07, 6.45) is 0.836. The van der Waals surface area contributed by atoms with Crippen LogP contribution < -0.4 is 5.43 Å². The number of nitrogens with zero attached hydrogens (tertiary/aromatic N) is 1. The van der Waals surface area contributed by atoms with Crippen molar-refractivity contribution in [3.63, 3.8) is 0 Å². The van der Waals surface area contributed by atoms with Crippen LogP contribution in [0.1, 0.15) is 31.9 Å². The minimum Gasteiger partial charge on any atom is -0.465 e. The molecule has 8 heteroatoms. The number of hydrogen-bond acceptors (Lipinski definition) is 5. The zero-order valence-corrected chi connectivity index (χ0v) is 19.6. The molecular weight excluding hydrogens is 472 g/mol. The van der Waals surface area contributed by atoms with Gasteiger partial charge in [0.15, 0.2) is 0 Å². The Morgan fingerprint density at radius 3 is 2.23 bits per heavy atom. The first kappa shape index (κ1) is 23.8. The van der Waals surface area contributed by atoms with Gasteiger partial charge in [-0.1, -0.05) is 51.8 Å². The van der Waals surface area contributed by atoms with E-state index in [0.717, 1.165) is 10.0 Å². The van der Waals surface area contributed by atoms with Gasteiger partial charge in [-0.3, -0.25) is 5.43 Å². The van der Waals surface area contributed by atoms with E-state index in [-0.39, 0.29) is 12.1 Å². The van der Waals surface area contributed by atoms with Gasteiger partial charge in [-0.15, -0.1) is 0 Å². The summed E-state index contributed by atoms with van der Waals surface area (Å²) in [6, 6.07) is 14.2. The molecule has 1 amide bonds. The molecule has 0 bridgehead atoms. The smallest absolute Gasteiger partial charge is 0.429 e. The second-order valence-corrected chi connectivity index (χ2v) is 8.73. The second kappa shape index (κ2) is 10.5. The highest BCUT2D eigenvalue weighted by Gasteiger charge is 2.23. The van der Waals surface area contributed by atoms with Crippen LogP contribution in [-0.2, 0) is 20.8 Å². The first-order valence-electron chi connectivity index (χ1n) is 9.14. The molecule has 0 aliphatic heterocycles.